The summed E-state index contributed by atoms with van der Waals surface area (Å²) in [5.74, 6) is 0.448. The lowest BCUT2D eigenvalue weighted by molar-refractivity contribution is 0.100. The molecule has 0 spiro atoms. The van der Waals surface area contributed by atoms with Crippen molar-refractivity contribution in [3.8, 4) is 16.9 Å². The zero-order chi connectivity index (χ0) is 17.2. The number of primary amides is 1. The van der Waals surface area contributed by atoms with E-state index in [0.29, 0.717) is 5.56 Å². The van der Waals surface area contributed by atoms with Crippen molar-refractivity contribution in [3.63, 3.8) is 0 Å². The molecule has 0 aliphatic rings. The van der Waals surface area contributed by atoms with Crippen LogP contribution in [0.5, 0.6) is 5.75 Å². The Kier molecular flexibility index (Phi) is 7.30. The molecule has 0 aliphatic heterocycles. The molecule has 4 nitrogen and oxygen atoms in total. The zero-order valence-electron chi connectivity index (χ0n) is 14.2. The Morgan fingerprint density at radius 3 is 2.29 bits per heavy atom. The van der Waals surface area contributed by atoms with Gasteiger partial charge in [0.25, 0.3) is 0 Å². The minimum Gasteiger partial charge on any atom is -0.494 e. The molecule has 0 bridgehead atoms. The number of carbonyl (C=O) groups is 1. The number of ether oxygens (including phenoxy) is 2. The summed E-state index contributed by atoms with van der Waals surface area (Å²) in [5.41, 5.74) is 7.84. The first-order valence-electron chi connectivity index (χ1n) is 8.33. The van der Waals surface area contributed by atoms with Crippen LogP contribution in [0.3, 0.4) is 0 Å². The van der Waals surface area contributed by atoms with Gasteiger partial charge in [-0.15, -0.1) is 0 Å². The number of unbranched alkanes of at least 4 members (excludes halogenated alkanes) is 3. The molecule has 0 saturated carbocycles. The fraction of sp³-hybridized carbons (Fsp3) is 0.350. The molecule has 2 aromatic rings. The van der Waals surface area contributed by atoms with Crippen LogP contribution in [0.25, 0.3) is 11.1 Å². The van der Waals surface area contributed by atoms with Crippen molar-refractivity contribution in [1.82, 2.24) is 0 Å². The van der Waals surface area contributed by atoms with Gasteiger partial charge in [-0.05, 0) is 54.7 Å². The minimum absolute atomic E-state index is 0.415. The Labute approximate surface area is 143 Å². The molecular weight excluding hydrogens is 302 g/mol. The molecule has 0 aromatic heterocycles. The average Bonchev–Trinajstić information content (AvgIpc) is 2.61. The minimum atomic E-state index is -0.415. The fourth-order valence-corrected chi connectivity index (χ4v) is 2.49. The van der Waals surface area contributed by atoms with E-state index in [2.05, 4.69) is 0 Å². The number of methoxy groups -OCH3 is 1. The second kappa shape index (κ2) is 9.73. The summed E-state index contributed by atoms with van der Waals surface area (Å²) in [4.78, 5) is 11.3. The highest BCUT2D eigenvalue weighted by atomic mass is 16.5. The van der Waals surface area contributed by atoms with Crippen LogP contribution in [0.15, 0.2) is 48.5 Å². The van der Waals surface area contributed by atoms with Crippen molar-refractivity contribution >= 4 is 5.91 Å². The monoisotopic (exact) mass is 327 g/mol. The predicted octanol–water partition coefficient (Wildman–Crippen LogP) is 4.04. The van der Waals surface area contributed by atoms with E-state index in [9.17, 15) is 4.79 Å². The number of rotatable bonds is 10. The fourth-order valence-electron chi connectivity index (χ4n) is 2.49. The standard InChI is InChI=1S/C20H25NO3/c1-23-13-4-2-3-5-14-24-19-11-9-16(10-12-19)17-7-6-8-18(15-17)20(21)22/h6-12,15H,2-5,13-14H2,1H3,(H2,21,22). The van der Waals surface area contributed by atoms with Gasteiger partial charge in [0.1, 0.15) is 5.75 Å². The molecule has 128 valence electrons. The highest BCUT2D eigenvalue weighted by molar-refractivity contribution is 5.94. The van der Waals surface area contributed by atoms with Crippen LogP contribution in [0.2, 0.25) is 0 Å². The summed E-state index contributed by atoms with van der Waals surface area (Å²) in [5, 5.41) is 0. The highest BCUT2D eigenvalue weighted by Crippen LogP contribution is 2.23. The maximum Gasteiger partial charge on any atom is 0.248 e. The summed E-state index contributed by atoms with van der Waals surface area (Å²) in [7, 11) is 1.73. The van der Waals surface area contributed by atoms with Crippen LogP contribution in [-0.4, -0.2) is 26.2 Å². The van der Waals surface area contributed by atoms with E-state index in [1.54, 1.807) is 19.2 Å². The van der Waals surface area contributed by atoms with Crippen LogP contribution in [0, 0.1) is 0 Å². The van der Waals surface area contributed by atoms with E-state index < -0.39 is 5.91 Å². The van der Waals surface area contributed by atoms with Crippen LogP contribution in [-0.2, 0) is 4.74 Å². The van der Waals surface area contributed by atoms with Gasteiger partial charge < -0.3 is 15.2 Å². The lowest BCUT2D eigenvalue weighted by Crippen LogP contribution is -2.10. The van der Waals surface area contributed by atoms with Gasteiger partial charge in [-0.25, -0.2) is 0 Å². The van der Waals surface area contributed by atoms with Crippen LogP contribution in [0.4, 0.5) is 0 Å². The lowest BCUT2D eigenvalue weighted by atomic mass is 10.0. The SMILES string of the molecule is COCCCCCCOc1ccc(-c2cccc(C(N)=O)c2)cc1. The zero-order valence-corrected chi connectivity index (χ0v) is 14.2. The summed E-state index contributed by atoms with van der Waals surface area (Å²) in [6, 6.07) is 15.2. The molecule has 0 fully saturated rings. The largest absolute Gasteiger partial charge is 0.494 e. The van der Waals surface area contributed by atoms with Crippen LogP contribution < -0.4 is 10.5 Å². The molecule has 1 amide bonds. The van der Waals surface area contributed by atoms with Crippen molar-refractivity contribution in [2.45, 2.75) is 25.7 Å². The molecule has 0 unspecified atom stereocenters. The average molecular weight is 327 g/mol. The van der Waals surface area contributed by atoms with Crippen LogP contribution >= 0.6 is 0 Å². The summed E-state index contributed by atoms with van der Waals surface area (Å²) >= 11 is 0. The first-order chi connectivity index (χ1) is 11.7. The third-order valence-corrected chi connectivity index (χ3v) is 3.85. The molecular formula is C20H25NO3. The van der Waals surface area contributed by atoms with E-state index >= 15 is 0 Å². The topological polar surface area (TPSA) is 61.6 Å². The number of carbonyl (C=O) groups excluding carboxylic acids is 1. The number of hydrogen-bond donors (Lipinski definition) is 1. The van der Waals surface area contributed by atoms with E-state index in [0.717, 1.165) is 49.4 Å². The number of hydrogen-bond acceptors (Lipinski definition) is 3. The maximum atomic E-state index is 11.3. The van der Waals surface area contributed by atoms with Crippen molar-refractivity contribution in [2.24, 2.45) is 5.73 Å². The van der Waals surface area contributed by atoms with Crippen molar-refractivity contribution in [3.05, 3.63) is 54.1 Å². The predicted molar refractivity (Wildman–Crippen MR) is 96.2 cm³/mol. The van der Waals surface area contributed by atoms with Gasteiger partial charge in [-0.1, -0.05) is 30.7 Å². The van der Waals surface area contributed by atoms with Crippen molar-refractivity contribution in [2.75, 3.05) is 20.3 Å². The van der Waals surface area contributed by atoms with Crippen molar-refractivity contribution in [1.29, 1.82) is 0 Å². The Morgan fingerprint density at radius 1 is 0.917 bits per heavy atom. The summed E-state index contributed by atoms with van der Waals surface area (Å²) in [6.07, 6.45) is 4.48. The molecule has 2 N–H and O–H groups in total. The quantitative estimate of drug-likeness (QED) is 0.670. The summed E-state index contributed by atoms with van der Waals surface area (Å²) in [6.45, 7) is 1.56. The van der Waals surface area contributed by atoms with Gasteiger partial charge in [0, 0.05) is 19.3 Å². The first-order valence-corrected chi connectivity index (χ1v) is 8.33. The van der Waals surface area contributed by atoms with Gasteiger partial charge in [-0.2, -0.15) is 0 Å². The molecule has 0 heterocycles. The second-order valence-corrected chi connectivity index (χ2v) is 5.72. The Morgan fingerprint density at radius 2 is 1.62 bits per heavy atom. The Balaban J connectivity index is 1.82. The molecule has 2 aromatic carbocycles. The highest BCUT2D eigenvalue weighted by Gasteiger charge is 2.03. The summed E-state index contributed by atoms with van der Waals surface area (Å²) < 4.78 is 10.8. The van der Waals surface area contributed by atoms with E-state index in [1.165, 1.54) is 6.42 Å². The Bertz CT molecular complexity index is 638. The van der Waals surface area contributed by atoms with E-state index in [1.807, 2.05) is 36.4 Å². The molecule has 4 heteroatoms. The van der Waals surface area contributed by atoms with Crippen LogP contribution in [0.1, 0.15) is 36.0 Å². The third kappa shape index (κ3) is 5.70. The molecule has 0 atom stereocenters. The first kappa shape index (κ1) is 18.0. The van der Waals surface area contributed by atoms with Gasteiger partial charge in [0.2, 0.25) is 5.91 Å². The van der Waals surface area contributed by atoms with Gasteiger partial charge >= 0.3 is 0 Å². The number of nitrogens with two attached hydrogens (primary N) is 1. The molecule has 0 aliphatic carbocycles. The third-order valence-electron chi connectivity index (χ3n) is 3.85. The van der Waals surface area contributed by atoms with E-state index in [-0.39, 0.29) is 0 Å². The van der Waals surface area contributed by atoms with E-state index in [4.69, 9.17) is 15.2 Å². The Hall–Kier alpha value is -2.33. The normalized spacial score (nSPS) is 10.5. The molecule has 0 radical (unpaired) electrons. The van der Waals surface area contributed by atoms with Gasteiger partial charge in [0.15, 0.2) is 0 Å². The molecule has 2 rings (SSSR count). The lowest BCUT2D eigenvalue weighted by Gasteiger charge is -2.08. The van der Waals surface area contributed by atoms with Gasteiger partial charge in [0.05, 0.1) is 6.61 Å². The smallest absolute Gasteiger partial charge is 0.248 e. The maximum absolute atomic E-state index is 11.3. The number of benzene rings is 2. The number of amides is 1. The van der Waals surface area contributed by atoms with Crippen molar-refractivity contribution < 1.29 is 14.3 Å². The molecule has 0 saturated heterocycles. The molecule has 24 heavy (non-hydrogen) atoms. The second-order valence-electron chi connectivity index (χ2n) is 5.72. The van der Waals surface area contributed by atoms with Gasteiger partial charge in [-0.3, -0.25) is 4.79 Å².